The monoisotopic (exact) mass is 251 g/mol. The molecular formula is C10H9N3O5. The van der Waals surface area contributed by atoms with Crippen LogP contribution in [0.5, 0.6) is 0 Å². The van der Waals surface area contributed by atoms with E-state index in [1.165, 1.54) is 19.2 Å². The van der Waals surface area contributed by atoms with Gasteiger partial charge in [-0.15, -0.1) is 0 Å². The number of aromatic nitrogens is 1. The molecule has 2 aromatic rings. The number of nitrogens with one attached hydrogen (secondary N) is 1. The summed E-state index contributed by atoms with van der Waals surface area (Å²) in [6.45, 7) is -0.194. The van der Waals surface area contributed by atoms with Gasteiger partial charge in [0.2, 0.25) is 5.91 Å². The number of hydrogen-bond acceptors (Lipinski definition) is 5. The van der Waals surface area contributed by atoms with Gasteiger partial charge in [-0.3, -0.25) is 19.5 Å². The zero-order chi connectivity index (χ0) is 13.3. The zero-order valence-electron chi connectivity index (χ0n) is 9.37. The summed E-state index contributed by atoms with van der Waals surface area (Å²) >= 11 is 0. The Morgan fingerprint density at radius 1 is 1.56 bits per heavy atom. The molecule has 18 heavy (non-hydrogen) atoms. The molecule has 0 spiro atoms. The standard InChI is InChI=1S/C10H9N3O5/c1-11-9(14)5-12-7-3-2-6(13(16)17)4-8(7)18-10(12)15/h2-4H,5H2,1H3,(H,11,14). The SMILES string of the molecule is CNC(=O)Cn1c(=O)oc2cc([N+](=O)[O-])ccc21. The van der Waals surface area contributed by atoms with Gasteiger partial charge in [-0.2, -0.15) is 0 Å². The van der Waals surface area contributed by atoms with Crippen molar-refractivity contribution in [1.29, 1.82) is 0 Å². The zero-order valence-corrected chi connectivity index (χ0v) is 9.37. The first-order chi connectivity index (χ1) is 8.52. The van der Waals surface area contributed by atoms with E-state index in [1.807, 2.05) is 0 Å². The van der Waals surface area contributed by atoms with Crippen molar-refractivity contribution in [1.82, 2.24) is 9.88 Å². The van der Waals surface area contributed by atoms with Crippen molar-refractivity contribution >= 4 is 22.7 Å². The number of carbonyl (C=O) groups excluding carboxylic acids is 1. The van der Waals surface area contributed by atoms with Gasteiger partial charge in [-0.1, -0.05) is 0 Å². The maximum Gasteiger partial charge on any atom is 0.420 e. The maximum absolute atomic E-state index is 11.5. The molecule has 0 aliphatic rings. The van der Waals surface area contributed by atoms with E-state index < -0.39 is 10.7 Å². The van der Waals surface area contributed by atoms with Crippen LogP contribution in [-0.2, 0) is 11.3 Å². The normalized spacial score (nSPS) is 10.5. The van der Waals surface area contributed by atoms with E-state index in [-0.39, 0.29) is 23.7 Å². The first-order valence-corrected chi connectivity index (χ1v) is 5.01. The van der Waals surface area contributed by atoms with Gasteiger partial charge in [-0.05, 0) is 6.07 Å². The molecule has 1 aromatic carbocycles. The van der Waals surface area contributed by atoms with Crippen molar-refractivity contribution in [2.75, 3.05) is 7.05 Å². The molecule has 94 valence electrons. The number of amides is 1. The third kappa shape index (κ3) is 1.95. The molecule has 2 rings (SSSR count). The van der Waals surface area contributed by atoms with Crippen LogP contribution in [0.4, 0.5) is 5.69 Å². The number of likely N-dealkylation sites (N-methyl/N-ethyl adjacent to an activating group) is 1. The van der Waals surface area contributed by atoms with Gasteiger partial charge in [0, 0.05) is 13.1 Å². The predicted molar refractivity (Wildman–Crippen MR) is 61.2 cm³/mol. The van der Waals surface area contributed by atoms with Gasteiger partial charge in [0.05, 0.1) is 16.5 Å². The molecular weight excluding hydrogens is 242 g/mol. The largest absolute Gasteiger partial charge is 0.420 e. The molecule has 0 saturated heterocycles. The fourth-order valence-electron chi connectivity index (χ4n) is 1.54. The Labute approximate surface area is 100.0 Å². The highest BCUT2D eigenvalue weighted by molar-refractivity contribution is 5.80. The van der Waals surface area contributed by atoms with Crippen molar-refractivity contribution < 1.29 is 14.1 Å². The lowest BCUT2D eigenvalue weighted by Gasteiger charge is -2.00. The molecule has 0 radical (unpaired) electrons. The minimum Gasteiger partial charge on any atom is -0.407 e. The number of nitrogens with zero attached hydrogens (tertiary/aromatic N) is 2. The van der Waals surface area contributed by atoms with E-state index in [4.69, 9.17) is 4.42 Å². The Morgan fingerprint density at radius 3 is 2.89 bits per heavy atom. The third-order valence-electron chi connectivity index (χ3n) is 2.44. The molecule has 8 nitrogen and oxygen atoms in total. The molecule has 0 atom stereocenters. The number of nitro groups is 1. The summed E-state index contributed by atoms with van der Waals surface area (Å²) in [5, 5.41) is 13.0. The number of benzene rings is 1. The highest BCUT2D eigenvalue weighted by Gasteiger charge is 2.15. The van der Waals surface area contributed by atoms with Crippen molar-refractivity contribution in [3.63, 3.8) is 0 Å². The molecule has 1 aromatic heterocycles. The van der Waals surface area contributed by atoms with Crippen molar-refractivity contribution in [3.05, 3.63) is 38.9 Å². The predicted octanol–water partition coefficient (Wildman–Crippen LogP) is 0.249. The van der Waals surface area contributed by atoms with Gasteiger partial charge < -0.3 is 9.73 Å². The van der Waals surface area contributed by atoms with E-state index in [1.54, 1.807) is 0 Å². The van der Waals surface area contributed by atoms with Crippen LogP contribution in [0.1, 0.15) is 0 Å². The van der Waals surface area contributed by atoms with Crippen LogP contribution in [0.3, 0.4) is 0 Å². The first kappa shape index (κ1) is 11.8. The minimum absolute atomic E-state index is 0.0816. The molecule has 0 aliphatic heterocycles. The summed E-state index contributed by atoms with van der Waals surface area (Å²) in [5.41, 5.74) is 0.246. The molecule has 0 aliphatic carbocycles. The topological polar surface area (TPSA) is 107 Å². The molecule has 1 amide bonds. The molecule has 0 bridgehead atoms. The van der Waals surface area contributed by atoms with Crippen LogP contribution in [0.2, 0.25) is 0 Å². The maximum atomic E-state index is 11.5. The lowest BCUT2D eigenvalue weighted by Crippen LogP contribution is -2.27. The van der Waals surface area contributed by atoms with Crippen molar-refractivity contribution in [2.24, 2.45) is 0 Å². The smallest absolute Gasteiger partial charge is 0.407 e. The molecule has 1 heterocycles. The fourth-order valence-corrected chi connectivity index (χ4v) is 1.54. The number of hydrogen-bond donors (Lipinski definition) is 1. The number of fused-ring (bicyclic) bond motifs is 1. The Hall–Kier alpha value is -2.64. The first-order valence-electron chi connectivity index (χ1n) is 5.01. The lowest BCUT2D eigenvalue weighted by atomic mass is 10.3. The van der Waals surface area contributed by atoms with Crippen molar-refractivity contribution in [3.8, 4) is 0 Å². The molecule has 0 fully saturated rings. The fraction of sp³-hybridized carbons (Fsp3) is 0.200. The molecule has 1 N–H and O–H groups in total. The second-order valence-corrected chi connectivity index (χ2v) is 3.54. The van der Waals surface area contributed by atoms with Crippen molar-refractivity contribution in [2.45, 2.75) is 6.54 Å². The van der Waals surface area contributed by atoms with Crippen LogP contribution in [0.15, 0.2) is 27.4 Å². The van der Waals surface area contributed by atoms with E-state index in [9.17, 15) is 19.7 Å². The Balaban J connectivity index is 2.55. The van der Waals surface area contributed by atoms with E-state index in [0.29, 0.717) is 5.52 Å². The summed E-state index contributed by atoms with van der Waals surface area (Å²) in [7, 11) is 1.44. The number of nitro benzene ring substituents is 1. The summed E-state index contributed by atoms with van der Waals surface area (Å²) in [6, 6.07) is 3.77. The quantitative estimate of drug-likeness (QED) is 0.621. The van der Waals surface area contributed by atoms with Gasteiger partial charge >= 0.3 is 5.76 Å². The van der Waals surface area contributed by atoms with Crippen LogP contribution in [-0.4, -0.2) is 22.4 Å². The molecule has 0 saturated carbocycles. The Kier molecular flexibility index (Phi) is 2.84. The van der Waals surface area contributed by atoms with Gasteiger partial charge in [0.1, 0.15) is 6.54 Å². The second kappa shape index (κ2) is 4.32. The number of rotatable bonds is 3. The van der Waals surface area contributed by atoms with Gasteiger partial charge in [0.25, 0.3) is 5.69 Å². The summed E-state index contributed by atoms with van der Waals surface area (Å²) in [5.74, 6) is -1.09. The van der Waals surface area contributed by atoms with E-state index in [0.717, 1.165) is 10.6 Å². The summed E-state index contributed by atoms with van der Waals surface area (Å²) in [6.07, 6.45) is 0. The van der Waals surface area contributed by atoms with E-state index >= 15 is 0 Å². The second-order valence-electron chi connectivity index (χ2n) is 3.54. The van der Waals surface area contributed by atoms with Crippen LogP contribution in [0, 0.1) is 10.1 Å². The highest BCUT2D eigenvalue weighted by atomic mass is 16.6. The van der Waals surface area contributed by atoms with E-state index in [2.05, 4.69) is 5.32 Å². The average Bonchev–Trinajstić information content (AvgIpc) is 2.64. The number of carbonyl (C=O) groups is 1. The van der Waals surface area contributed by atoms with Gasteiger partial charge in [0.15, 0.2) is 5.58 Å². The lowest BCUT2D eigenvalue weighted by molar-refractivity contribution is -0.384. The Morgan fingerprint density at radius 2 is 2.28 bits per heavy atom. The molecule has 8 heteroatoms. The third-order valence-corrected chi connectivity index (χ3v) is 2.44. The summed E-state index contributed by atoms with van der Waals surface area (Å²) < 4.78 is 5.97. The van der Waals surface area contributed by atoms with Crippen LogP contribution in [0.25, 0.3) is 11.1 Å². The van der Waals surface area contributed by atoms with Crippen LogP contribution < -0.4 is 11.1 Å². The van der Waals surface area contributed by atoms with Gasteiger partial charge in [-0.25, -0.2) is 4.79 Å². The average molecular weight is 251 g/mol. The summed E-state index contributed by atoms with van der Waals surface area (Å²) in [4.78, 5) is 32.7. The highest BCUT2D eigenvalue weighted by Crippen LogP contribution is 2.19. The Bertz CT molecular complexity index is 684. The number of oxazole rings is 1. The van der Waals surface area contributed by atoms with Crippen LogP contribution >= 0.6 is 0 Å². The molecule has 0 unspecified atom stereocenters. The minimum atomic E-state index is -0.728. The number of non-ortho nitro benzene ring substituents is 1.